The van der Waals surface area contributed by atoms with E-state index in [4.69, 9.17) is 21.6 Å². The van der Waals surface area contributed by atoms with E-state index in [0.717, 1.165) is 28.2 Å². The molecule has 0 spiro atoms. The van der Waals surface area contributed by atoms with Crippen LogP contribution < -0.4 is 16.0 Å². The van der Waals surface area contributed by atoms with Crippen LogP contribution in [0.5, 0.6) is 5.75 Å². The number of ether oxygens (including phenoxy) is 1. The molecule has 0 saturated heterocycles. The first kappa shape index (κ1) is 22.6. The van der Waals surface area contributed by atoms with Crippen molar-refractivity contribution in [2.24, 2.45) is 0 Å². The van der Waals surface area contributed by atoms with Crippen molar-refractivity contribution in [2.45, 2.75) is 19.9 Å². The van der Waals surface area contributed by atoms with Gasteiger partial charge in [0, 0.05) is 22.5 Å². The fraction of sp³-hybridized carbons (Fsp3) is 0.182. The number of halogens is 3. The van der Waals surface area contributed by atoms with Crippen LogP contribution in [0.15, 0.2) is 40.2 Å². The monoisotopic (exact) mass is 488 g/mol. The molecule has 33 heavy (non-hydrogen) atoms. The third kappa shape index (κ3) is 3.79. The van der Waals surface area contributed by atoms with Gasteiger partial charge in [0.25, 0.3) is 5.56 Å². The molecule has 0 aliphatic heterocycles. The number of rotatable bonds is 5. The fourth-order valence-corrected chi connectivity index (χ4v) is 4.89. The molecule has 0 radical (unpaired) electrons. The second kappa shape index (κ2) is 8.77. The highest BCUT2D eigenvalue weighted by atomic mass is 35.5. The molecule has 0 N–H and O–H groups in total. The van der Waals surface area contributed by atoms with Gasteiger partial charge in [0.1, 0.15) is 10.5 Å². The van der Waals surface area contributed by atoms with E-state index in [9.17, 15) is 18.4 Å². The summed E-state index contributed by atoms with van der Waals surface area (Å²) in [6.45, 7) is 1.44. The van der Waals surface area contributed by atoms with Gasteiger partial charge in [-0.25, -0.2) is 18.1 Å². The first-order valence-corrected chi connectivity index (χ1v) is 10.8. The molecule has 0 fully saturated rings. The molecule has 3 heterocycles. The van der Waals surface area contributed by atoms with Gasteiger partial charge in [-0.05, 0) is 25.1 Å². The van der Waals surface area contributed by atoms with E-state index >= 15 is 0 Å². The quantitative estimate of drug-likeness (QED) is 0.414. The Balaban J connectivity index is 2.07. The molecule has 1 aromatic carbocycles. The second-order valence-corrected chi connectivity index (χ2v) is 8.50. The number of hydrogen-bond donors (Lipinski definition) is 0. The summed E-state index contributed by atoms with van der Waals surface area (Å²) >= 11 is 7.29. The van der Waals surface area contributed by atoms with Gasteiger partial charge in [-0.1, -0.05) is 11.6 Å². The number of aryl methyl sites for hydroxylation is 1. The molecule has 0 amide bonds. The summed E-state index contributed by atoms with van der Waals surface area (Å²) in [6.07, 6.45) is 2.23. The maximum absolute atomic E-state index is 14.1. The minimum atomic E-state index is -0.731. The normalized spacial score (nSPS) is 11.0. The Labute approximate surface area is 194 Å². The lowest BCUT2D eigenvalue weighted by Gasteiger charge is -2.12. The number of methoxy groups -OCH3 is 1. The first-order valence-electron chi connectivity index (χ1n) is 9.58. The molecule has 7 nitrogen and oxygen atoms in total. The SMILES string of the molecule is COc1cc(-c2cc3c(s2)c(=O)n(-c2cncc(F)c2C)c(=O)n3CCC#N)c(Cl)cc1F. The average molecular weight is 489 g/mol. The van der Waals surface area contributed by atoms with Crippen LogP contribution in [-0.2, 0) is 6.54 Å². The summed E-state index contributed by atoms with van der Waals surface area (Å²) in [7, 11) is 1.31. The van der Waals surface area contributed by atoms with Crippen LogP contribution in [0.2, 0.25) is 5.02 Å². The molecule has 11 heteroatoms. The number of thiophene rings is 1. The number of fused-ring (bicyclic) bond motifs is 1. The minimum absolute atomic E-state index is 0.00387. The minimum Gasteiger partial charge on any atom is -0.494 e. The Morgan fingerprint density at radius 2 is 1.97 bits per heavy atom. The first-order chi connectivity index (χ1) is 15.8. The van der Waals surface area contributed by atoms with E-state index in [0.29, 0.717) is 10.4 Å². The maximum atomic E-state index is 14.1. The Hall–Kier alpha value is -3.55. The Kier molecular flexibility index (Phi) is 6.01. The zero-order chi connectivity index (χ0) is 23.9. The molecule has 4 aromatic rings. The van der Waals surface area contributed by atoms with Gasteiger partial charge >= 0.3 is 5.69 Å². The van der Waals surface area contributed by atoms with Crippen molar-refractivity contribution in [3.8, 4) is 27.9 Å². The third-order valence-corrected chi connectivity index (χ3v) is 6.60. The number of nitriles is 1. The molecular formula is C22H15ClF2N4O3S. The number of aromatic nitrogens is 3. The summed E-state index contributed by atoms with van der Waals surface area (Å²) in [6, 6.07) is 6.06. The van der Waals surface area contributed by atoms with Crippen molar-refractivity contribution in [1.82, 2.24) is 14.1 Å². The molecule has 0 bridgehead atoms. The molecule has 0 atom stereocenters. The summed E-state index contributed by atoms with van der Waals surface area (Å²) in [5.41, 5.74) is -0.610. The van der Waals surface area contributed by atoms with Crippen LogP contribution in [-0.4, -0.2) is 21.2 Å². The molecular weight excluding hydrogens is 474 g/mol. The Morgan fingerprint density at radius 3 is 2.67 bits per heavy atom. The second-order valence-electron chi connectivity index (χ2n) is 7.04. The Bertz CT molecular complexity index is 1570. The highest BCUT2D eigenvalue weighted by molar-refractivity contribution is 7.22. The fourth-order valence-electron chi connectivity index (χ4n) is 3.46. The summed E-state index contributed by atoms with van der Waals surface area (Å²) in [5.74, 6) is -1.35. The number of benzene rings is 1. The van der Waals surface area contributed by atoms with Crippen molar-refractivity contribution < 1.29 is 13.5 Å². The predicted octanol–water partition coefficient (Wildman–Crippen LogP) is 4.44. The van der Waals surface area contributed by atoms with Gasteiger partial charge in [0.05, 0.1) is 48.2 Å². The van der Waals surface area contributed by atoms with E-state index in [2.05, 4.69) is 4.98 Å². The Morgan fingerprint density at radius 1 is 1.21 bits per heavy atom. The van der Waals surface area contributed by atoms with Crippen LogP contribution in [0, 0.1) is 29.9 Å². The van der Waals surface area contributed by atoms with Crippen LogP contribution in [0.1, 0.15) is 12.0 Å². The maximum Gasteiger partial charge on any atom is 0.336 e. The number of nitrogens with zero attached hydrogens (tertiary/aromatic N) is 4. The summed E-state index contributed by atoms with van der Waals surface area (Å²) < 4.78 is 35.5. The lowest BCUT2D eigenvalue weighted by Crippen LogP contribution is -2.39. The zero-order valence-corrected chi connectivity index (χ0v) is 18.9. The van der Waals surface area contributed by atoms with E-state index in [1.807, 2.05) is 6.07 Å². The smallest absolute Gasteiger partial charge is 0.336 e. The van der Waals surface area contributed by atoms with E-state index in [1.165, 1.54) is 30.9 Å². The number of hydrogen-bond acceptors (Lipinski definition) is 6. The zero-order valence-electron chi connectivity index (χ0n) is 17.4. The van der Waals surface area contributed by atoms with Crippen molar-refractivity contribution in [3.05, 3.63) is 73.7 Å². The lowest BCUT2D eigenvalue weighted by atomic mass is 10.1. The lowest BCUT2D eigenvalue weighted by molar-refractivity contribution is 0.387. The summed E-state index contributed by atoms with van der Waals surface area (Å²) in [4.78, 5) is 30.9. The van der Waals surface area contributed by atoms with Crippen molar-refractivity contribution in [3.63, 3.8) is 0 Å². The largest absolute Gasteiger partial charge is 0.494 e. The standard InChI is InChI=1S/C22H15ClF2N4O3S/c1-11-15(25)9-27-10-17(11)29-21(30)20-16(28(22(29)31)5-3-4-26)8-19(33-20)12-6-18(32-2)14(24)7-13(12)23/h6-10H,3,5H2,1-2H3. The average Bonchev–Trinajstić information content (AvgIpc) is 3.22. The third-order valence-electron chi connectivity index (χ3n) is 5.15. The highest BCUT2D eigenvalue weighted by Crippen LogP contribution is 2.39. The van der Waals surface area contributed by atoms with Gasteiger partial charge in [0.15, 0.2) is 11.6 Å². The van der Waals surface area contributed by atoms with Crippen molar-refractivity contribution in [2.75, 3.05) is 7.11 Å². The summed E-state index contributed by atoms with van der Waals surface area (Å²) in [5, 5.41) is 9.15. The molecule has 0 unspecified atom stereocenters. The molecule has 3 aromatic heterocycles. The molecule has 0 aliphatic rings. The van der Waals surface area contributed by atoms with Gasteiger partial charge < -0.3 is 4.74 Å². The molecule has 4 rings (SSSR count). The van der Waals surface area contributed by atoms with Crippen LogP contribution >= 0.6 is 22.9 Å². The number of pyridine rings is 1. The van der Waals surface area contributed by atoms with Gasteiger partial charge in [-0.15, -0.1) is 11.3 Å². The van der Waals surface area contributed by atoms with Crippen LogP contribution in [0.4, 0.5) is 8.78 Å². The van der Waals surface area contributed by atoms with E-state index < -0.39 is 22.9 Å². The van der Waals surface area contributed by atoms with Gasteiger partial charge in [-0.2, -0.15) is 5.26 Å². The van der Waals surface area contributed by atoms with Crippen molar-refractivity contribution >= 4 is 33.2 Å². The van der Waals surface area contributed by atoms with Crippen LogP contribution in [0.25, 0.3) is 26.3 Å². The highest BCUT2D eigenvalue weighted by Gasteiger charge is 2.21. The molecule has 168 valence electrons. The predicted molar refractivity (Wildman–Crippen MR) is 121 cm³/mol. The van der Waals surface area contributed by atoms with E-state index in [-0.39, 0.29) is 45.2 Å². The van der Waals surface area contributed by atoms with Crippen LogP contribution in [0.3, 0.4) is 0 Å². The topological polar surface area (TPSA) is 89.9 Å². The van der Waals surface area contributed by atoms with Gasteiger partial charge in [0.2, 0.25) is 0 Å². The molecule has 0 aliphatic carbocycles. The van der Waals surface area contributed by atoms with Gasteiger partial charge in [-0.3, -0.25) is 14.3 Å². The molecule has 0 saturated carbocycles. The van der Waals surface area contributed by atoms with E-state index in [1.54, 1.807) is 6.07 Å². The van der Waals surface area contributed by atoms with Crippen molar-refractivity contribution in [1.29, 1.82) is 5.26 Å².